The molecule has 0 unspecified atom stereocenters. The third-order valence-corrected chi connectivity index (χ3v) is 3.27. The lowest BCUT2D eigenvalue weighted by molar-refractivity contribution is -0.388. The van der Waals surface area contributed by atoms with Crippen molar-refractivity contribution >= 4 is 11.6 Å². The fourth-order valence-corrected chi connectivity index (χ4v) is 2.34. The lowest BCUT2D eigenvalue weighted by Crippen LogP contribution is -2.20. The molecule has 21 heavy (non-hydrogen) atoms. The SMILES string of the molecule is COc1ccc(C)cc1CN(C)c1c([N+](=O)[O-])ncn1C. The van der Waals surface area contributed by atoms with Crippen LogP contribution in [0.25, 0.3) is 0 Å². The Morgan fingerprint density at radius 1 is 1.48 bits per heavy atom. The summed E-state index contributed by atoms with van der Waals surface area (Å²) in [6.07, 6.45) is 1.44. The highest BCUT2D eigenvalue weighted by molar-refractivity contribution is 5.55. The van der Waals surface area contributed by atoms with E-state index in [1.807, 2.05) is 25.1 Å². The number of hydrogen-bond donors (Lipinski definition) is 0. The molecule has 2 aromatic rings. The number of anilines is 1. The zero-order chi connectivity index (χ0) is 15.6. The predicted molar refractivity (Wildman–Crippen MR) is 79.7 cm³/mol. The first-order valence-electron chi connectivity index (χ1n) is 6.44. The number of nitrogens with zero attached hydrogens (tertiary/aromatic N) is 4. The van der Waals surface area contributed by atoms with Gasteiger partial charge in [0.25, 0.3) is 0 Å². The number of ether oxygens (including phenoxy) is 1. The van der Waals surface area contributed by atoms with Crippen LogP contribution in [0.5, 0.6) is 5.75 Å². The van der Waals surface area contributed by atoms with Crippen molar-refractivity contribution in [1.29, 1.82) is 0 Å². The van der Waals surface area contributed by atoms with Gasteiger partial charge in [-0.1, -0.05) is 17.7 Å². The van der Waals surface area contributed by atoms with Crippen LogP contribution in [0.3, 0.4) is 0 Å². The topological polar surface area (TPSA) is 73.4 Å². The van der Waals surface area contributed by atoms with E-state index in [0.29, 0.717) is 12.4 Å². The van der Waals surface area contributed by atoms with E-state index in [4.69, 9.17) is 4.74 Å². The summed E-state index contributed by atoms with van der Waals surface area (Å²) in [6, 6.07) is 5.88. The lowest BCUT2D eigenvalue weighted by atomic mass is 10.1. The molecule has 0 fully saturated rings. The molecule has 2 rings (SSSR count). The molecule has 0 spiro atoms. The molecule has 0 aliphatic carbocycles. The Balaban J connectivity index is 2.34. The van der Waals surface area contributed by atoms with Gasteiger partial charge in [-0.3, -0.25) is 4.57 Å². The minimum Gasteiger partial charge on any atom is -0.496 e. The van der Waals surface area contributed by atoms with Crippen molar-refractivity contribution in [3.05, 3.63) is 45.8 Å². The van der Waals surface area contributed by atoms with Crippen LogP contribution in [0.1, 0.15) is 11.1 Å². The Morgan fingerprint density at radius 2 is 2.19 bits per heavy atom. The molecule has 0 aliphatic rings. The molecule has 0 atom stereocenters. The molecular formula is C14H18N4O3. The number of rotatable bonds is 5. The highest BCUT2D eigenvalue weighted by Crippen LogP contribution is 2.28. The summed E-state index contributed by atoms with van der Waals surface area (Å²) in [5, 5.41) is 11.0. The molecule has 0 amide bonds. The number of hydrogen-bond acceptors (Lipinski definition) is 5. The normalized spacial score (nSPS) is 10.5. The molecule has 0 N–H and O–H groups in total. The second-order valence-corrected chi connectivity index (χ2v) is 4.93. The van der Waals surface area contributed by atoms with E-state index in [9.17, 15) is 10.1 Å². The van der Waals surface area contributed by atoms with Crippen LogP contribution in [0.15, 0.2) is 24.5 Å². The molecule has 1 heterocycles. The van der Waals surface area contributed by atoms with Crippen LogP contribution in [0.2, 0.25) is 0 Å². The zero-order valence-corrected chi connectivity index (χ0v) is 12.5. The van der Waals surface area contributed by atoms with E-state index < -0.39 is 4.92 Å². The summed E-state index contributed by atoms with van der Waals surface area (Å²) >= 11 is 0. The first kappa shape index (κ1) is 14.8. The van der Waals surface area contributed by atoms with Crippen molar-refractivity contribution in [2.24, 2.45) is 7.05 Å². The fourth-order valence-electron chi connectivity index (χ4n) is 2.34. The third-order valence-electron chi connectivity index (χ3n) is 3.27. The van der Waals surface area contributed by atoms with Crippen LogP contribution in [-0.2, 0) is 13.6 Å². The summed E-state index contributed by atoms with van der Waals surface area (Å²) in [7, 11) is 5.14. The van der Waals surface area contributed by atoms with Crippen LogP contribution in [-0.4, -0.2) is 28.6 Å². The largest absolute Gasteiger partial charge is 0.496 e. The fraction of sp³-hybridized carbons (Fsp3) is 0.357. The molecule has 112 valence electrons. The minimum atomic E-state index is -0.473. The number of methoxy groups -OCH3 is 1. The van der Waals surface area contributed by atoms with E-state index in [2.05, 4.69) is 4.98 Å². The molecule has 0 radical (unpaired) electrons. The van der Waals surface area contributed by atoms with E-state index in [1.165, 1.54) is 6.33 Å². The smallest absolute Gasteiger partial charge is 0.406 e. The second kappa shape index (κ2) is 5.82. The number of benzene rings is 1. The Morgan fingerprint density at radius 3 is 2.81 bits per heavy atom. The summed E-state index contributed by atoms with van der Waals surface area (Å²) in [4.78, 5) is 16.2. The number of aromatic nitrogens is 2. The standard InChI is InChI=1S/C14H18N4O3/c1-10-5-6-12(21-4)11(7-10)8-16(2)14-13(18(19)20)15-9-17(14)3/h5-7,9H,8H2,1-4H3. The van der Waals surface area contributed by atoms with Gasteiger partial charge >= 0.3 is 5.82 Å². The van der Waals surface area contributed by atoms with Crippen molar-refractivity contribution in [2.75, 3.05) is 19.1 Å². The third kappa shape index (κ3) is 2.96. The summed E-state index contributed by atoms with van der Waals surface area (Å²) < 4.78 is 6.98. The van der Waals surface area contributed by atoms with Crippen molar-refractivity contribution in [2.45, 2.75) is 13.5 Å². The molecule has 0 aliphatic heterocycles. The summed E-state index contributed by atoms with van der Waals surface area (Å²) in [5.74, 6) is 1.08. The van der Waals surface area contributed by atoms with Crippen molar-refractivity contribution < 1.29 is 9.66 Å². The maximum atomic E-state index is 11.0. The molecule has 7 heteroatoms. The number of nitro groups is 1. The van der Waals surface area contributed by atoms with Crippen LogP contribution in [0, 0.1) is 17.0 Å². The van der Waals surface area contributed by atoms with Gasteiger partial charge in [0, 0.05) is 26.2 Å². The average molecular weight is 290 g/mol. The number of aryl methyl sites for hydroxylation is 2. The Bertz CT molecular complexity index is 666. The zero-order valence-electron chi connectivity index (χ0n) is 12.5. The Kier molecular flexibility index (Phi) is 4.11. The molecular weight excluding hydrogens is 272 g/mol. The summed E-state index contributed by atoms with van der Waals surface area (Å²) in [6.45, 7) is 2.49. The Labute approximate surface area is 122 Å². The molecule has 0 saturated heterocycles. The van der Waals surface area contributed by atoms with E-state index >= 15 is 0 Å². The van der Waals surface area contributed by atoms with Gasteiger partial charge in [0.2, 0.25) is 12.1 Å². The molecule has 0 saturated carbocycles. The first-order valence-corrected chi connectivity index (χ1v) is 6.44. The number of imidazole rings is 1. The second-order valence-electron chi connectivity index (χ2n) is 4.93. The Hall–Kier alpha value is -2.57. The molecule has 7 nitrogen and oxygen atoms in total. The van der Waals surface area contributed by atoms with E-state index in [1.54, 1.807) is 30.7 Å². The highest BCUT2D eigenvalue weighted by Gasteiger charge is 2.24. The lowest BCUT2D eigenvalue weighted by Gasteiger charge is -2.20. The van der Waals surface area contributed by atoms with Crippen molar-refractivity contribution in [3.63, 3.8) is 0 Å². The first-order chi connectivity index (χ1) is 9.93. The van der Waals surface area contributed by atoms with Gasteiger partial charge in [-0.15, -0.1) is 0 Å². The minimum absolute atomic E-state index is 0.147. The average Bonchev–Trinajstić information content (AvgIpc) is 2.81. The van der Waals surface area contributed by atoms with Crippen LogP contribution < -0.4 is 9.64 Å². The van der Waals surface area contributed by atoms with Gasteiger partial charge in [-0.25, -0.2) is 0 Å². The van der Waals surface area contributed by atoms with Gasteiger partial charge < -0.3 is 19.8 Å². The highest BCUT2D eigenvalue weighted by atomic mass is 16.6. The monoisotopic (exact) mass is 290 g/mol. The quantitative estimate of drug-likeness (QED) is 0.624. The van der Waals surface area contributed by atoms with Crippen LogP contribution >= 0.6 is 0 Å². The van der Waals surface area contributed by atoms with Crippen molar-refractivity contribution in [1.82, 2.24) is 9.55 Å². The molecule has 1 aromatic carbocycles. The van der Waals surface area contributed by atoms with Crippen molar-refractivity contribution in [3.8, 4) is 5.75 Å². The predicted octanol–water partition coefficient (Wildman–Crippen LogP) is 2.28. The van der Waals surface area contributed by atoms with E-state index in [0.717, 1.165) is 16.9 Å². The molecule has 1 aromatic heterocycles. The van der Waals surface area contributed by atoms with Gasteiger partial charge in [-0.2, -0.15) is 0 Å². The van der Waals surface area contributed by atoms with E-state index in [-0.39, 0.29) is 5.82 Å². The molecule has 0 bridgehead atoms. The summed E-state index contributed by atoms with van der Waals surface area (Å²) in [5.41, 5.74) is 2.08. The van der Waals surface area contributed by atoms with Gasteiger partial charge in [0.05, 0.1) is 7.11 Å². The van der Waals surface area contributed by atoms with Gasteiger partial charge in [0.1, 0.15) is 5.75 Å². The van der Waals surface area contributed by atoms with Gasteiger partial charge in [0.15, 0.2) is 0 Å². The maximum Gasteiger partial charge on any atom is 0.406 e. The van der Waals surface area contributed by atoms with Crippen LogP contribution in [0.4, 0.5) is 11.6 Å². The van der Waals surface area contributed by atoms with Gasteiger partial charge in [-0.05, 0) is 22.9 Å². The maximum absolute atomic E-state index is 11.0.